The Morgan fingerprint density at radius 3 is 3.12 bits per heavy atom. The highest BCUT2D eigenvalue weighted by Gasteiger charge is 2.22. The SMILES string of the molecule is C=CCn1c(S[C@H](C)C(=O)NC2=NCCS2)nnc1-c1cccnc1. The van der Waals surface area contributed by atoms with Crippen molar-refractivity contribution in [1.82, 2.24) is 25.1 Å². The number of carbonyl (C=O) groups excluding carboxylic acids is 1. The molecule has 0 aliphatic carbocycles. The van der Waals surface area contributed by atoms with Gasteiger partial charge in [0.05, 0.1) is 11.8 Å². The van der Waals surface area contributed by atoms with E-state index in [0.29, 0.717) is 22.7 Å². The Hall–Kier alpha value is -2.13. The third-order valence-electron chi connectivity index (χ3n) is 3.42. The first-order valence-electron chi connectivity index (χ1n) is 7.78. The fourth-order valence-corrected chi connectivity index (χ4v) is 3.80. The van der Waals surface area contributed by atoms with Crippen molar-refractivity contribution in [3.63, 3.8) is 0 Å². The van der Waals surface area contributed by atoms with Gasteiger partial charge in [-0.3, -0.25) is 19.3 Å². The second kappa shape index (κ2) is 8.30. The summed E-state index contributed by atoms with van der Waals surface area (Å²) in [6.07, 6.45) is 5.23. The molecule has 0 bridgehead atoms. The van der Waals surface area contributed by atoms with Gasteiger partial charge < -0.3 is 5.32 Å². The number of nitrogens with zero attached hydrogens (tertiary/aromatic N) is 5. The van der Waals surface area contributed by atoms with Crippen molar-refractivity contribution in [1.29, 1.82) is 0 Å². The summed E-state index contributed by atoms with van der Waals surface area (Å²) in [6, 6.07) is 3.78. The van der Waals surface area contributed by atoms with E-state index in [9.17, 15) is 4.79 Å². The topological polar surface area (TPSA) is 85.1 Å². The van der Waals surface area contributed by atoms with Crippen molar-refractivity contribution < 1.29 is 4.79 Å². The molecule has 2 aromatic heterocycles. The molecule has 7 nitrogen and oxygen atoms in total. The van der Waals surface area contributed by atoms with Gasteiger partial charge in [-0.25, -0.2) is 0 Å². The molecule has 0 spiro atoms. The average Bonchev–Trinajstić information content (AvgIpc) is 3.26. The Kier molecular flexibility index (Phi) is 5.87. The van der Waals surface area contributed by atoms with Gasteiger partial charge in [-0.05, 0) is 19.1 Å². The maximum Gasteiger partial charge on any atom is 0.239 e. The van der Waals surface area contributed by atoms with E-state index in [0.717, 1.165) is 17.9 Å². The molecule has 0 aromatic carbocycles. The minimum atomic E-state index is -0.321. The molecule has 1 aliphatic heterocycles. The maximum absolute atomic E-state index is 12.3. The first-order chi connectivity index (χ1) is 12.2. The third kappa shape index (κ3) is 4.29. The summed E-state index contributed by atoms with van der Waals surface area (Å²) in [4.78, 5) is 20.7. The Morgan fingerprint density at radius 1 is 1.56 bits per heavy atom. The zero-order valence-corrected chi connectivity index (χ0v) is 15.4. The molecule has 0 saturated carbocycles. The van der Waals surface area contributed by atoms with Gasteiger partial charge in [-0.1, -0.05) is 29.6 Å². The van der Waals surface area contributed by atoms with Crippen LogP contribution in [-0.2, 0) is 11.3 Å². The standard InChI is InChI=1S/C16H18N6OS2/c1-3-8-22-13(12-5-4-6-17-10-12)20-21-16(22)25-11(2)14(23)19-15-18-7-9-24-15/h3-6,10-11H,1,7-9H2,2H3,(H,18,19,23)/t11-/m1/s1. The van der Waals surface area contributed by atoms with E-state index in [1.807, 2.05) is 23.6 Å². The lowest BCUT2D eigenvalue weighted by Gasteiger charge is -2.12. The van der Waals surface area contributed by atoms with Gasteiger partial charge in [-0.15, -0.1) is 16.8 Å². The van der Waals surface area contributed by atoms with Gasteiger partial charge in [0.1, 0.15) is 0 Å². The molecule has 1 atom stereocenters. The molecule has 3 rings (SSSR count). The van der Waals surface area contributed by atoms with Crippen LogP contribution in [0.1, 0.15) is 6.92 Å². The maximum atomic E-state index is 12.3. The smallest absolute Gasteiger partial charge is 0.239 e. The minimum Gasteiger partial charge on any atom is -0.304 e. The van der Waals surface area contributed by atoms with E-state index in [-0.39, 0.29) is 11.2 Å². The molecule has 0 unspecified atom stereocenters. The summed E-state index contributed by atoms with van der Waals surface area (Å²) in [7, 11) is 0. The van der Waals surface area contributed by atoms with E-state index < -0.39 is 0 Å². The fourth-order valence-electron chi connectivity index (χ4n) is 2.21. The monoisotopic (exact) mass is 374 g/mol. The molecule has 0 fully saturated rings. The van der Waals surface area contributed by atoms with Gasteiger partial charge in [0.2, 0.25) is 5.91 Å². The fraction of sp³-hybridized carbons (Fsp3) is 0.312. The number of rotatable bonds is 6. The Bertz CT molecular complexity index is 789. The molecule has 9 heteroatoms. The van der Waals surface area contributed by atoms with Crippen LogP contribution in [-0.4, -0.2) is 48.4 Å². The van der Waals surface area contributed by atoms with Crippen molar-refractivity contribution in [2.24, 2.45) is 4.99 Å². The Labute approximate surface area is 154 Å². The van der Waals surface area contributed by atoms with E-state index in [1.165, 1.54) is 11.8 Å². The van der Waals surface area contributed by atoms with Crippen LogP contribution in [0.5, 0.6) is 0 Å². The molecular formula is C16H18N6OS2. The highest BCUT2D eigenvalue weighted by molar-refractivity contribution is 8.14. The molecule has 1 aliphatic rings. The summed E-state index contributed by atoms with van der Waals surface area (Å²) < 4.78 is 1.93. The molecule has 1 N–H and O–H groups in total. The molecular weight excluding hydrogens is 356 g/mol. The van der Waals surface area contributed by atoms with Gasteiger partial charge >= 0.3 is 0 Å². The number of hydrogen-bond acceptors (Lipinski definition) is 7. The van der Waals surface area contributed by atoms with Crippen LogP contribution in [0, 0.1) is 0 Å². The van der Waals surface area contributed by atoms with E-state index >= 15 is 0 Å². The van der Waals surface area contributed by atoms with Crippen molar-refractivity contribution in [2.75, 3.05) is 12.3 Å². The van der Waals surface area contributed by atoms with Gasteiger partial charge in [0.15, 0.2) is 16.1 Å². The number of pyridine rings is 1. The highest BCUT2D eigenvalue weighted by Crippen LogP contribution is 2.26. The molecule has 130 valence electrons. The molecule has 1 amide bonds. The number of thioether (sulfide) groups is 2. The van der Waals surface area contributed by atoms with Gasteiger partial charge in [-0.2, -0.15) is 0 Å². The van der Waals surface area contributed by atoms with Crippen LogP contribution in [0.15, 0.2) is 47.3 Å². The van der Waals surface area contributed by atoms with Crippen molar-refractivity contribution in [3.05, 3.63) is 37.2 Å². The molecule has 0 radical (unpaired) electrons. The lowest BCUT2D eigenvalue weighted by Crippen LogP contribution is -2.34. The molecule has 25 heavy (non-hydrogen) atoms. The van der Waals surface area contributed by atoms with Crippen LogP contribution in [0.25, 0.3) is 11.4 Å². The van der Waals surface area contributed by atoms with Crippen LogP contribution in [0.2, 0.25) is 0 Å². The number of amides is 1. The number of carbonyl (C=O) groups is 1. The van der Waals surface area contributed by atoms with Crippen LogP contribution < -0.4 is 5.32 Å². The van der Waals surface area contributed by atoms with Crippen LogP contribution in [0.3, 0.4) is 0 Å². The molecule has 0 saturated heterocycles. The summed E-state index contributed by atoms with van der Waals surface area (Å²) in [5, 5.41) is 12.4. The van der Waals surface area contributed by atoms with E-state index in [1.54, 1.807) is 30.2 Å². The van der Waals surface area contributed by atoms with Crippen LogP contribution in [0.4, 0.5) is 0 Å². The zero-order chi connectivity index (χ0) is 17.6. The van der Waals surface area contributed by atoms with Gasteiger partial charge in [0, 0.05) is 30.3 Å². The molecule has 3 heterocycles. The Balaban J connectivity index is 1.76. The zero-order valence-electron chi connectivity index (χ0n) is 13.8. The second-order valence-corrected chi connectivity index (χ2v) is 7.62. The number of aliphatic imine (C=N–C) groups is 1. The average molecular weight is 374 g/mol. The summed E-state index contributed by atoms with van der Waals surface area (Å²) >= 11 is 2.92. The second-order valence-electron chi connectivity index (χ2n) is 5.23. The van der Waals surface area contributed by atoms with Crippen molar-refractivity contribution >= 4 is 34.6 Å². The summed E-state index contributed by atoms with van der Waals surface area (Å²) in [6.45, 7) is 6.95. The summed E-state index contributed by atoms with van der Waals surface area (Å²) in [5.41, 5.74) is 0.873. The van der Waals surface area contributed by atoms with Gasteiger partial charge in [0.25, 0.3) is 0 Å². The van der Waals surface area contributed by atoms with E-state index in [4.69, 9.17) is 0 Å². The third-order valence-corrected chi connectivity index (χ3v) is 5.39. The lowest BCUT2D eigenvalue weighted by atomic mass is 10.3. The quantitative estimate of drug-likeness (QED) is 0.616. The minimum absolute atomic E-state index is 0.0887. The van der Waals surface area contributed by atoms with E-state index in [2.05, 4.69) is 32.1 Å². The van der Waals surface area contributed by atoms with Crippen molar-refractivity contribution in [3.8, 4) is 11.4 Å². The predicted molar refractivity (Wildman–Crippen MR) is 102 cm³/mol. The number of hydrogen-bond donors (Lipinski definition) is 1. The predicted octanol–water partition coefficient (Wildman–Crippen LogP) is 2.23. The number of amidine groups is 1. The van der Waals surface area contributed by atoms with Crippen molar-refractivity contribution in [2.45, 2.75) is 23.9 Å². The number of aromatic nitrogens is 4. The number of nitrogens with one attached hydrogen (secondary N) is 1. The summed E-state index contributed by atoms with van der Waals surface area (Å²) in [5.74, 6) is 1.53. The van der Waals surface area contributed by atoms with Crippen LogP contribution >= 0.6 is 23.5 Å². The first kappa shape index (κ1) is 17.7. The Morgan fingerprint density at radius 2 is 2.44 bits per heavy atom. The largest absolute Gasteiger partial charge is 0.304 e. The molecule has 2 aromatic rings. The number of allylic oxidation sites excluding steroid dienone is 1. The lowest BCUT2D eigenvalue weighted by molar-refractivity contribution is -0.118. The normalized spacial score (nSPS) is 14.8. The first-order valence-corrected chi connectivity index (χ1v) is 9.65. The highest BCUT2D eigenvalue weighted by atomic mass is 32.2.